The Balaban J connectivity index is 1.74. The van der Waals surface area contributed by atoms with Crippen molar-refractivity contribution in [2.45, 2.75) is 13.8 Å². The van der Waals surface area contributed by atoms with Gasteiger partial charge in [-0.25, -0.2) is 4.98 Å². The predicted molar refractivity (Wildman–Crippen MR) is 95.8 cm³/mol. The normalized spacial score (nSPS) is 15.7. The van der Waals surface area contributed by atoms with Crippen LogP contribution in [0.5, 0.6) is 0 Å². The average Bonchev–Trinajstić information content (AvgIpc) is 2.59. The molecule has 0 saturated carbocycles. The molecule has 0 atom stereocenters. The van der Waals surface area contributed by atoms with E-state index in [1.54, 1.807) is 6.20 Å². The lowest BCUT2D eigenvalue weighted by Crippen LogP contribution is -2.46. The van der Waals surface area contributed by atoms with E-state index in [0.717, 1.165) is 54.8 Å². The Labute approximate surface area is 142 Å². The Morgan fingerprint density at radius 2 is 1.96 bits per heavy atom. The van der Waals surface area contributed by atoms with E-state index in [0.29, 0.717) is 5.95 Å². The first-order chi connectivity index (χ1) is 11.2. The van der Waals surface area contributed by atoms with E-state index in [-0.39, 0.29) is 0 Å². The van der Waals surface area contributed by atoms with E-state index >= 15 is 0 Å². The van der Waals surface area contributed by atoms with E-state index in [1.807, 2.05) is 31.2 Å². The van der Waals surface area contributed by atoms with Crippen molar-refractivity contribution in [2.24, 2.45) is 0 Å². The van der Waals surface area contributed by atoms with Gasteiger partial charge in [0.2, 0.25) is 5.95 Å². The van der Waals surface area contributed by atoms with Crippen LogP contribution in [0.3, 0.4) is 0 Å². The van der Waals surface area contributed by atoms with E-state index in [4.69, 9.17) is 11.6 Å². The van der Waals surface area contributed by atoms with Crippen LogP contribution in [-0.4, -0.2) is 47.6 Å². The van der Waals surface area contributed by atoms with Gasteiger partial charge < -0.3 is 15.1 Å². The van der Waals surface area contributed by atoms with Gasteiger partial charge in [-0.2, -0.15) is 4.98 Å². The van der Waals surface area contributed by atoms with Crippen LogP contribution in [0.2, 0.25) is 5.02 Å². The number of rotatable bonds is 4. The number of aromatic nitrogens is 2. The number of hydrogen-bond donors (Lipinski definition) is 1. The lowest BCUT2D eigenvalue weighted by Gasteiger charge is -2.34. The van der Waals surface area contributed by atoms with Crippen molar-refractivity contribution in [2.75, 3.05) is 42.9 Å². The van der Waals surface area contributed by atoms with Crippen molar-refractivity contribution in [1.29, 1.82) is 0 Å². The van der Waals surface area contributed by atoms with Gasteiger partial charge in [0.25, 0.3) is 0 Å². The molecule has 1 aromatic carbocycles. The van der Waals surface area contributed by atoms with Crippen LogP contribution in [0.15, 0.2) is 30.5 Å². The zero-order valence-corrected chi connectivity index (χ0v) is 14.3. The molecule has 0 bridgehead atoms. The van der Waals surface area contributed by atoms with Crippen molar-refractivity contribution in [3.63, 3.8) is 0 Å². The Morgan fingerprint density at radius 3 is 2.70 bits per heavy atom. The molecule has 1 aromatic heterocycles. The third-order valence-corrected chi connectivity index (χ3v) is 4.71. The number of halogens is 1. The first-order valence-corrected chi connectivity index (χ1v) is 8.37. The Hall–Kier alpha value is -1.85. The van der Waals surface area contributed by atoms with Crippen LogP contribution in [0.4, 0.5) is 17.5 Å². The van der Waals surface area contributed by atoms with Crippen molar-refractivity contribution in [3.8, 4) is 0 Å². The van der Waals surface area contributed by atoms with Crippen LogP contribution in [-0.2, 0) is 0 Å². The van der Waals surface area contributed by atoms with Gasteiger partial charge in [-0.1, -0.05) is 24.6 Å². The molecule has 0 amide bonds. The molecule has 1 aliphatic heterocycles. The third kappa shape index (κ3) is 3.74. The molecule has 0 spiro atoms. The summed E-state index contributed by atoms with van der Waals surface area (Å²) in [5.74, 6) is 1.57. The summed E-state index contributed by atoms with van der Waals surface area (Å²) in [4.78, 5) is 13.7. The molecule has 1 aliphatic rings. The zero-order chi connectivity index (χ0) is 16.2. The van der Waals surface area contributed by atoms with Gasteiger partial charge in [-0.15, -0.1) is 0 Å². The summed E-state index contributed by atoms with van der Waals surface area (Å²) >= 11 is 6.17. The molecule has 1 fully saturated rings. The molecule has 2 heterocycles. The van der Waals surface area contributed by atoms with Crippen LogP contribution in [0.1, 0.15) is 12.5 Å². The number of likely N-dealkylation sites (N-methyl/N-ethyl adjacent to an activating group) is 1. The highest BCUT2D eigenvalue weighted by Gasteiger charge is 2.17. The van der Waals surface area contributed by atoms with E-state index < -0.39 is 0 Å². The summed E-state index contributed by atoms with van der Waals surface area (Å²) in [6.07, 6.45) is 1.80. The van der Waals surface area contributed by atoms with Crippen molar-refractivity contribution >= 4 is 29.1 Å². The van der Waals surface area contributed by atoms with Gasteiger partial charge in [0, 0.05) is 43.1 Å². The maximum atomic E-state index is 6.17. The van der Waals surface area contributed by atoms with Crippen LogP contribution in [0.25, 0.3) is 0 Å². The number of anilines is 3. The molecule has 1 saturated heterocycles. The lowest BCUT2D eigenvalue weighted by atomic mass is 10.2. The largest absolute Gasteiger partial charge is 0.354 e. The second kappa shape index (κ2) is 7.15. The molecule has 1 N–H and O–H groups in total. The summed E-state index contributed by atoms with van der Waals surface area (Å²) in [7, 11) is 0. The average molecular weight is 332 g/mol. The van der Waals surface area contributed by atoms with E-state index in [2.05, 4.69) is 32.0 Å². The Bertz CT molecular complexity index is 668. The number of benzene rings is 1. The Kier molecular flexibility index (Phi) is 4.98. The highest BCUT2D eigenvalue weighted by atomic mass is 35.5. The third-order valence-electron chi connectivity index (χ3n) is 4.30. The highest BCUT2D eigenvalue weighted by Crippen LogP contribution is 2.25. The fraction of sp³-hybridized carbons (Fsp3) is 0.412. The standard InChI is InChI=1S/C17H22ClN5/c1-3-22-9-11-23(12-10-22)16-7-8-19-17(21-16)20-15-6-4-5-14(18)13(15)2/h4-8H,3,9-12H2,1-2H3,(H,19,20,21). The molecular weight excluding hydrogens is 310 g/mol. The molecule has 3 rings (SSSR count). The first-order valence-electron chi connectivity index (χ1n) is 8.00. The quantitative estimate of drug-likeness (QED) is 0.931. The van der Waals surface area contributed by atoms with Crippen LogP contribution >= 0.6 is 11.6 Å². The summed E-state index contributed by atoms with van der Waals surface area (Å²) < 4.78 is 0. The predicted octanol–water partition coefficient (Wildman–Crippen LogP) is 3.32. The number of hydrogen-bond acceptors (Lipinski definition) is 5. The highest BCUT2D eigenvalue weighted by molar-refractivity contribution is 6.31. The SMILES string of the molecule is CCN1CCN(c2ccnc(Nc3cccc(Cl)c3C)n2)CC1. The molecular formula is C17H22ClN5. The summed E-state index contributed by atoms with van der Waals surface area (Å²) in [6, 6.07) is 7.76. The molecule has 5 nitrogen and oxygen atoms in total. The lowest BCUT2D eigenvalue weighted by molar-refractivity contribution is 0.270. The van der Waals surface area contributed by atoms with Gasteiger partial charge in [-0.05, 0) is 37.2 Å². The molecule has 0 unspecified atom stereocenters. The van der Waals surface area contributed by atoms with Crippen molar-refractivity contribution in [3.05, 3.63) is 41.0 Å². The zero-order valence-electron chi connectivity index (χ0n) is 13.6. The monoisotopic (exact) mass is 331 g/mol. The summed E-state index contributed by atoms with van der Waals surface area (Å²) in [5, 5.41) is 4.01. The molecule has 0 aliphatic carbocycles. The van der Waals surface area contributed by atoms with Gasteiger partial charge in [-0.3, -0.25) is 0 Å². The Morgan fingerprint density at radius 1 is 1.17 bits per heavy atom. The van der Waals surface area contributed by atoms with E-state index in [1.165, 1.54) is 0 Å². The van der Waals surface area contributed by atoms with Gasteiger partial charge in [0.05, 0.1) is 0 Å². The molecule has 2 aromatic rings. The maximum absolute atomic E-state index is 6.17. The minimum Gasteiger partial charge on any atom is -0.354 e. The smallest absolute Gasteiger partial charge is 0.229 e. The molecule has 122 valence electrons. The molecule has 6 heteroatoms. The molecule has 23 heavy (non-hydrogen) atoms. The number of piperazine rings is 1. The number of nitrogens with one attached hydrogen (secondary N) is 1. The second-order valence-corrected chi connectivity index (χ2v) is 6.10. The van der Waals surface area contributed by atoms with Gasteiger partial charge >= 0.3 is 0 Å². The van der Waals surface area contributed by atoms with Crippen molar-refractivity contribution in [1.82, 2.24) is 14.9 Å². The van der Waals surface area contributed by atoms with Crippen LogP contribution in [0, 0.1) is 6.92 Å². The summed E-state index contributed by atoms with van der Waals surface area (Å²) in [6.45, 7) is 9.46. The van der Waals surface area contributed by atoms with Crippen LogP contribution < -0.4 is 10.2 Å². The fourth-order valence-corrected chi connectivity index (χ4v) is 2.92. The molecule has 0 radical (unpaired) electrons. The van der Waals surface area contributed by atoms with Crippen molar-refractivity contribution < 1.29 is 0 Å². The van der Waals surface area contributed by atoms with E-state index in [9.17, 15) is 0 Å². The second-order valence-electron chi connectivity index (χ2n) is 5.70. The maximum Gasteiger partial charge on any atom is 0.229 e. The minimum absolute atomic E-state index is 0.603. The fourth-order valence-electron chi connectivity index (χ4n) is 2.74. The minimum atomic E-state index is 0.603. The summed E-state index contributed by atoms with van der Waals surface area (Å²) in [5.41, 5.74) is 1.94. The number of nitrogens with zero attached hydrogens (tertiary/aromatic N) is 4. The van der Waals surface area contributed by atoms with Gasteiger partial charge in [0.1, 0.15) is 5.82 Å². The first kappa shape index (κ1) is 16.0. The topological polar surface area (TPSA) is 44.3 Å². The van der Waals surface area contributed by atoms with Gasteiger partial charge in [0.15, 0.2) is 0 Å².